The van der Waals surface area contributed by atoms with Gasteiger partial charge in [-0.05, 0) is 44.5 Å². The normalized spacial score (nSPS) is 15.9. The van der Waals surface area contributed by atoms with Crippen LogP contribution in [-0.2, 0) is 0 Å². The van der Waals surface area contributed by atoms with Crippen LogP contribution in [0.1, 0.15) is 28.6 Å². The van der Waals surface area contributed by atoms with E-state index in [9.17, 15) is 0 Å². The highest BCUT2D eigenvalue weighted by molar-refractivity contribution is 5.81. The average molecular weight is 290 g/mol. The van der Waals surface area contributed by atoms with Crippen molar-refractivity contribution >= 4 is 5.69 Å². The molecule has 3 heterocycles. The number of rotatable bonds is 1. The fourth-order valence-electron chi connectivity index (χ4n) is 3.24. The fourth-order valence-corrected chi connectivity index (χ4v) is 3.24. The maximum absolute atomic E-state index is 4.69. The summed E-state index contributed by atoms with van der Waals surface area (Å²) in [5.74, 6) is 0. The van der Waals surface area contributed by atoms with Crippen LogP contribution in [0.4, 0.5) is 5.69 Å². The lowest BCUT2D eigenvalue weighted by Gasteiger charge is -2.30. The van der Waals surface area contributed by atoms with Crippen molar-refractivity contribution in [2.75, 3.05) is 5.32 Å². The van der Waals surface area contributed by atoms with Crippen molar-refractivity contribution in [1.82, 2.24) is 14.8 Å². The Labute approximate surface area is 129 Å². The second-order valence-electron chi connectivity index (χ2n) is 5.95. The number of nitrogens with one attached hydrogen (secondary N) is 1. The molecular weight excluding hydrogens is 272 g/mol. The topological polar surface area (TPSA) is 42.7 Å². The summed E-state index contributed by atoms with van der Waals surface area (Å²) in [7, 11) is 0. The minimum atomic E-state index is -0.0219. The highest BCUT2D eigenvalue weighted by atomic mass is 15.4. The van der Waals surface area contributed by atoms with Gasteiger partial charge >= 0.3 is 0 Å². The molecular formula is C18H18N4. The Hall–Kier alpha value is -2.62. The molecule has 0 saturated carbocycles. The quantitative estimate of drug-likeness (QED) is 0.740. The molecule has 0 saturated heterocycles. The first kappa shape index (κ1) is 13.1. The van der Waals surface area contributed by atoms with Gasteiger partial charge in [0.05, 0.1) is 11.4 Å². The molecule has 0 fully saturated rings. The Bertz CT molecular complexity index is 849. The van der Waals surface area contributed by atoms with E-state index in [-0.39, 0.29) is 6.17 Å². The number of aromatic nitrogens is 3. The minimum absolute atomic E-state index is 0.0219. The largest absolute Gasteiger partial charge is 0.359 e. The average Bonchev–Trinajstić information content (AvgIpc) is 2.89. The van der Waals surface area contributed by atoms with Crippen molar-refractivity contribution in [3.8, 4) is 11.3 Å². The van der Waals surface area contributed by atoms with Crippen LogP contribution in [0.25, 0.3) is 11.3 Å². The van der Waals surface area contributed by atoms with Gasteiger partial charge < -0.3 is 5.32 Å². The van der Waals surface area contributed by atoms with Gasteiger partial charge in [-0.2, -0.15) is 5.10 Å². The molecule has 110 valence electrons. The number of anilines is 1. The van der Waals surface area contributed by atoms with Crippen LogP contribution in [-0.4, -0.2) is 14.8 Å². The lowest BCUT2D eigenvalue weighted by molar-refractivity contribution is 0.569. The zero-order valence-electron chi connectivity index (χ0n) is 13.0. The molecule has 1 atom stereocenters. The lowest BCUT2D eigenvalue weighted by atomic mass is 9.98. The number of fused-ring (bicyclic) bond motifs is 3. The molecule has 1 aliphatic rings. The van der Waals surface area contributed by atoms with Crippen molar-refractivity contribution < 1.29 is 0 Å². The number of aryl methyl sites for hydroxylation is 3. The van der Waals surface area contributed by atoms with Crippen LogP contribution in [0.15, 0.2) is 42.7 Å². The van der Waals surface area contributed by atoms with E-state index in [1.54, 1.807) is 6.20 Å². The predicted molar refractivity (Wildman–Crippen MR) is 87.9 cm³/mol. The number of benzene rings is 1. The van der Waals surface area contributed by atoms with Gasteiger partial charge in [0.1, 0.15) is 6.17 Å². The van der Waals surface area contributed by atoms with Crippen molar-refractivity contribution in [3.05, 3.63) is 65.1 Å². The van der Waals surface area contributed by atoms with E-state index >= 15 is 0 Å². The van der Waals surface area contributed by atoms with Crippen LogP contribution in [0.3, 0.4) is 0 Å². The molecule has 4 nitrogen and oxygen atoms in total. The predicted octanol–water partition coefficient (Wildman–Crippen LogP) is 3.84. The molecule has 0 aliphatic carbocycles. The molecule has 4 heteroatoms. The highest BCUT2D eigenvalue weighted by Crippen LogP contribution is 2.40. The van der Waals surface area contributed by atoms with Gasteiger partial charge in [0.25, 0.3) is 0 Å². The van der Waals surface area contributed by atoms with Gasteiger partial charge in [-0.15, -0.1) is 0 Å². The lowest BCUT2D eigenvalue weighted by Crippen LogP contribution is -2.26. The third kappa shape index (κ3) is 1.91. The van der Waals surface area contributed by atoms with Crippen molar-refractivity contribution in [1.29, 1.82) is 0 Å². The summed E-state index contributed by atoms with van der Waals surface area (Å²) in [5.41, 5.74) is 8.23. The van der Waals surface area contributed by atoms with E-state index in [0.717, 1.165) is 17.0 Å². The van der Waals surface area contributed by atoms with Crippen LogP contribution in [0, 0.1) is 20.8 Å². The first-order valence-electron chi connectivity index (χ1n) is 7.48. The summed E-state index contributed by atoms with van der Waals surface area (Å²) in [5, 5.41) is 8.33. The monoisotopic (exact) mass is 290 g/mol. The van der Waals surface area contributed by atoms with Crippen LogP contribution >= 0.6 is 0 Å². The summed E-state index contributed by atoms with van der Waals surface area (Å²) in [4.78, 5) is 4.25. The maximum Gasteiger partial charge on any atom is 0.148 e. The maximum atomic E-state index is 4.69. The highest BCUT2D eigenvalue weighted by Gasteiger charge is 2.27. The Kier molecular flexibility index (Phi) is 2.79. The molecule has 1 aromatic carbocycles. The van der Waals surface area contributed by atoms with E-state index < -0.39 is 0 Å². The molecule has 1 N–H and O–H groups in total. The summed E-state index contributed by atoms with van der Waals surface area (Å²) in [6.07, 6.45) is 3.67. The fraction of sp³-hybridized carbons (Fsp3) is 0.222. The Morgan fingerprint density at radius 1 is 1.14 bits per heavy atom. The number of nitrogens with zero attached hydrogens (tertiary/aromatic N) is 3. The SMILES string of the molecule is Cc1cc(C)c2c(c1)-c1cc(C)nn1[C@H](c1cccnc1)N2. The third-order valence-corrected chi connectivity index (χ3v) is 4.14. The molecule has 0 bridgehead atoms. The zero-order chi connectivity index (χ0) is 15.3. The van der Waals surface area contributed by atoms with Crippen molar-refractivity contribution in [3.63, 3.8) is 0 Å². The molecule has 1 aliphatic heterocycles. The van der Waals surface area contributed by atoms with Crippen molar-refractivity contribution in [2.24, 2.45) is 0 Å². The van der Waals surface area contributed by atoms with Gasteiger partial charge in [0.2, 0.25) is 0 Å². The first-order chi connectivity index (χ1) is 10.6. The molecule has 4 rings (SSSR count). The molecule has 0 amide bonds. The molecule has 22 heavy (non-hydrogen) atoms. The Morgan fingerprint density at radius 3 is 2.77 bits per heavy atom. The van der Waals surface area contributed by atoms with Crippen LogP contribution in [0.5, 0.6) is 0 Å². The second kappa shape index (κ2) is 4.70. The molecule has 0 radical (unpaired) electrons. The van der Waals surface area contributed by atoms with Gasteiger partial charge in [0.15, 0.2) is 0 Å². The standard InChI is InChI=1S/C18H18N4/c1-11-7-12(2)17-15(8-11)16-9-13(3)21-22(16)18(20-17)14-5-4-6-19-10-14/h4-10,18,20H,1-3H3/t18-/m1/s1. The van der Waals surface area contributed by atoms with Crippen molar-refractivity contribution in [2.45, 2.75) is 26.9 Å². The Balaban J connectivity index is 1.96. The summed E-state index contributed by atoms with van der Waals surface area (Å²) in [6.45, 7) is 6.32. The summed E-state index contributed by atoms with van der Waals surface area (Å²) >= 11 is 0. The van der Waals surface area contributed by atoms with Crippen LogP contribution in [0.2, 0.25) is 0 Å². The molecule has 2 aromatic heterocycles. The van der Waals surface area contributed by atoms with E-state index in [1.165, 1.54) is 22.4 Å². The number of hydrogen-bond acceptors (Lipinski definition) is 3. The molecule has 0 spiro atoms. The van der Waals surface area contributed by atoms with Gasteiger partial charge in [-0.25, -0.2) is 4.68 Å². The van der Waals surface area contributed by atoms with Gasteiger partial charge in [0, 0.05) is 29.2 Å². The third-order valence-electron chi connectivity index (χ3n) is 4.14. The minimum Gasteiger partial charge on any atom is -0.359 e. The van der Waals surface area contributed by atoms with E-state index in [0.29, 0.717) is 0 Å². The summed E-state index contributed by atoms with van der Waals surface area (Å²) in [6, 6.07) is 10.6. The molecule has 0 unspecified atom stereocenters. The van der Waals surface area contributed by atoms with Gasteiger partial charge in [-0.1, -0.05) is 17.7 Å². The van der Waals surface area contributed by atoms with E-state index in [1.807, 2.05) is 19.2 Å². The van der Waals surface area contributed by atoms with E-state index in [4.69, 9.17) is 5.10 Å². The second-order valence-corrected chi connectivity index (χ2v) is 5.95. The number of pyridine rings is 1. The molecule has 3 aromatic rings. The zero-order valence-corrected chi connectivity index (χ0v) is 13.0. The first-order valence-corrected chi connectivity index (χ1v) is 7.48. The van der Waals surface area contributed by atoms with E-state index in [2.05, 4.69) is 53.1 Å². The van der Waals surface area contributed by atoms with Crippen LogP contribution < -0.4 is 5.32 Å². The smallest absolute Gasteiger partial charge is 0.148 e. The number of hydrogen-bond donors (Lipinski definition) is 1. The Morgan fingerprint density at radius 2 is 2.00 bits per heavy atom. The summed E-state index contributed by atoms with van der Waals surface area (Å²) < 4.78 is 2.06. The van der Waals surface area contributed by atoms with Gasteiger partial charge in [-0.3, -0.25) is 4.98 Å².